The molecule has 1 aromatic carbocycles. The molecule has 2 aromatic rings. The number of aromatic amines is 1. The largest absolute Gasteiger partial charge is 0.460 e. The van der Waals surface area contributed by atoms with Crippen LogP contribution in [0.15, 0.2) is 47.4 Å². The molecule has 4 nitrogen and oxygen atoms in total. The molecule has 4 rings (SSSR count). The van der Waals surface area contributed by atoms with Crippen molar-refractivity contribution in [2.24, 2.45) is 5.41 Å². The average Bonchev–Trinajstić information content (AvgIpc) is 2.96. The van der Waals surface area contributed by atoms with E-state index in [9.17, 15) is 10.1 Å². The number of nitrogens with one attached hydrogen (secondary N) is 1. The van der Waals surface area contributed by atoms with E-state index in [-0.39, 0.29) is 11.2 Å². The maximum absolute atomic E-state index is 12.4. The van der Waals surface area contributed by atoms with Crippen molar-refractivity contribution in [2.45, 2.75) is 33.1 Å². The van der Waals surface area contributed by atoms with Crippen LogP contribution in [-0.2, 0) is 9.53 Å². The van der Waals surface area contributed by atoms with E-state index in [0.717, 1.165) is 28.6 Å². The van der Waals surface area contributed by atoms with Gasteiger partial charge in [0.25, 0.3) is 0 Å². The zero-order chi connectivity index (χ0) is 16.9. The van der Waals surface area contributed by atoms with Gasteiger partial charge in [0.2, 0.25) is 0 Å². The maximum Gasteiger partial charge on any atom is 0.163 e. The third-order valence-corrected chi connectivity index (χ3v) is 4.77. The van der Waals surface area contributed by atoms with Crippen LogP contribution in [0.2, 0.25) is 0 Å². The molecular weight excluding hydrogens is 300 g/mol. The zero-order valence-electron chi connectivity index (χ0n) is 13.8. The van der Waals surface area contributed by atoms with E-state index in [0.29, 0.717) is 29.7 Å². The smallest absolute Gasteiger partial charge is 0.163 e. The number of aromatic nitrogens is 1. The molecule has 2 aliphatic rings. The minimum absolute atomic E-state index is 0.104. The first-order valence-corrected chi connectivity index (χ1v) is 8.11. The zero-order valence-corrected chi connectivity index (χ0v) is 13.8. The van der Waals surface area contributed by atoms with Crippen LogP contribution in [0.4, 0.5) is 0 Å². The second-order valence-electron chi connectivity index (χ2n) is 7.29. The summed E-state index contributed by atoms with van der Waals surface area (Å²) in [6.45, 7) is 4.15. The molecule has 2 heterocycles. The number of Topliss-reactive ketones (excluding diaryl/α,β-unsaturated/α-hetero) is 1. The van der Waals surface area contributed by atoms with E-state index in [2.05, 4.69) is 24.9 Å². The summed E-state index contributed by atoms with van der Waals surface area (Å²) in [7, 11) is 0. The SMILES string of the molecule is CC1(C)CC(=O)C2=C(C1)OC(c1c[nH]c3ccccc13)=C(C#N)C2. The molecule has 0 amide bonds. The van der Waals surface area contributed by atoms with Gasteiger partial charge in [0.05, 0.1) is 11.6 Å². The minimum Gasteiger partial charge on any atom is -0.460 e. The Balaban J connectivity index is 1.82. The van der Waals surface area contributed by atoms with Gasteiger partial charge in [-0.15, -0.1) is 0 Å². The molecule has 1 aromatic heterocycles. The monoisotopic (exact) mass is 318 g/mol. The lowest BCUT2D eigenvalue weighted by atomic mass is 9.74. The van der Waals surface area contributed by atoms with E-state index in [1.165, 1.54) is 0 Å². The summed E-state index contributed by atoms with van der Waals surface area (Å²) in [6.07, 6.45) is 3.48. The molecule has 1 aliphatic carbocycles. The van der Waals surface area contributed by atoms with E-state index in [1.807, 2.05) is 30.5 Å². The minimum atomic E-state index is -0.106. The lowest BCUT2D eigenvalue weighted by molar-refractivity contribution is -0.118. The van der Waals surface area contributed by atoms with Crippen LogP contribution < -0.4 is 0 Å². The number of fused-ring (bicyclic) bond motifs is 1. The third kappa shape index (κ3) is 2.25. The van der Waals surface area contributed by atoms with Gasteiger partial charge in [-0.1, -0.05) is 32.0 Å². The highest BCUT2D eigenvalue weighted by Gasteiger charge is 2.38. The number of rotatable bonds is 1. The number of ketones is 1. The van der Waals surface area contributed by atoms with Crippen LogP contribution in [0.25, 0.3) is 16.7 Å². The molecule has 4 heteroatoms. The van der Waals surface area contributed by atoms with Gasteiger partial charge in [0.1, 0.15) is 11.5 Å². The fourth-order valence-corrected chi connectivity index (χ4v) is 3.60. The van der Waals surface area contributed by atoms with E-state index >= 15 is 0 Å². The van der Waals surface area contributed by atoms with Gasteiger partial charge >= 0.3 is 0 Å². The van der Waals surface area contributed by atoms with Crippen molar-refractivity contribution in [3.05, 3.63) is 52.9 Å². The molecule has 0 saturated carbocycles. The Labute approximate surface area is 140 Å². The number of allylic oxidation sites excluding steroid dienone is 3. The predicted octanol–water partition coefficient (Wildman–Crippen LogP) is 4.47. The van der Waals surface area contributed by atoms with Gasteiger partial charge < -0.3 is 9.72 Å². The van der Waals surface area contributed by atoms with Crippen molar-refractivity contribution >= 4 is 22.4 Å². The Kier molecular flexibility index (Phi) is 3.14. The lowest BCUT2D eigenvalue weighted by Gasteiger charge is -2.34. The molecule has 0 saturated heterocycles. The van der Waals surface area contributed by atoms with Crippen LogP contribution in [0, 0.1) is 16.7 Å². The number of nitriles is 1. The summed E-state index contributed by atoms with van der Waals surface area (Å²) in [5.74, 6) is 1.42. The van der Waals surface area contributed by atoms with E-state index in [4.69, 9.17) is 4.74 Å². The van der Waals surface area contributed by atoms with Crippen LogP contribution in [0.3, 0.4) is 0 Å². The Bertz CT molecular complexity index is 967. The number of ether oxygens (including phenoxy) is 1. The molecule has 1 aliphatic heterocycles. The van der Waals surface area contributed by atoms with Crippen molar-refractivity contribution in [1.82, 2.24) is 4.98 Å². The van der Waals surface area contributed by atoms with Gasteiger partial charge in [-0.3, -0.25) is 4.79 Å². The first-order valence-electron chi connectivity index (χ1n) is 8.11. The van der Waals surface area contributed by atoms with Crippen molar-refractivity contribution in [1.29, 1.82) is 5.26 Å². The number of para-hydroxylation sites is 1. The molecule has 24 heavy (non-hydrogen) atoms. The Hall–Kier alpha value is -2.80. The highest BCUT2D eigenvalue weighted by Crippen LogP contribution is 2.45. The van der Waals surface area contributed by atoms with Crippen molar-refractivity contribution in [3.8, 4) is 6.07 Å². The number of H-pyrrole nitrogens is 1. The summed E-state index contributed by atoms with van der Waals surface area (Å²) in [5.41, 5.74) is 2.97. The molecule has 0 fully saturated rings. The fourth-order valence-electron chi connectivity index (χ4n) is 3.60. The van der Waals surface area contributed by atoms with Crippen LogP contribution in [0.1, 0.15) is 38.7 Å². The van der Waals surface area contributed by atoms with Gasteiger partial charge in [-0.05, 0) is 11.5 Å². The second-order valence-corrected chi connectivity index (χ2v) is 7.29. The predicted molar refractivity (Wildman–Crippen MR) is 91.6 cm³/mol. The van der Waals surface area contributed by atoms with Crippen LogP contribution >= 0.6 is 0 Å². The topological polar surface area (TPSA) is 65.9 Å². The van der Waals surface area contributed by atoms with Crippen molar-refractivity contribution < 1.29 is 9.53 Å². The summed E-state index contributed by atoms with van der Waals surface area (Å²) >= 11 is 0. The number of carbonyl (C=O) groups excluding carboxylic acids is 1. The fraction of sp³-hybridized carbons (Fsp3) is 0.300. The summed E-state index contributed by atoms with van der Waals surface area (Å²) in [5, 5.41) is 10.6. The highest BCUT2D eigenvalue weighted by atomic mass is 16.5. The molecule has 1 N–H and O–H groups in total. The molecule has 0 unspecified atom stereocenters. The molecule has 0 radical (unpaired) electrons. The molecule has 120 valence electrons. The lowest BCUT2D eigenvalue weighted by Crippen LogP contribution is -2.28. The molecule has 0 atom stereocenters. The summed E-state index contributed by atoms with van der Waals surface area (Å²) < 4.78 is 6.15. The molecular formula is C20H18N2O2. The normalized spacial score (nSPS) is 20.0. The van der Waals surface area contributed by atoms with Gasteiger partial charge in [0, 0.05) is 47.5 Å². The maximum atomic E-state index is 12.4. The summed E-state index contributed by atoms with van der Waals surface area (Å²) in [4.78, 5) is 15.7. The van der Waals surface area contributed by atoms with Gasteiger partial charge in [-0.25, -0.2) is 0 Å². The third-order valence-electron chi connectivity index (χ3n) is 4.77. The van der Waals surface area contributed by atoms with Crippen LogP contribution in [0.5, 0.6) is 0 Å². The first-order chi connectivity index (χ1) is 11.5. The van der Waals surface area contributed by atoms with E-state index < -0.39 is 0 Å². The first kappa shape index (κ1) is 14.8. The number of nitrogens with zero attached hydrogens (tertiary/aromatic N) is 1. The van der Waals surface area contributed by atoms with Gasteiger partial charge in [0.15, 0.2) is 5.78 Å². The number of benzene rings is 1. The van der Waals surface area contributed by atoms with Crippen molar-refractivity contribution in [3.63, 3.8) is 0 Å². The van der Waals surface area contributed by atoms with Gasteiger partial charge in [-0.2, -0.15) is 5.26 Å². The average molecular weight is 318 g/mol. The molecule has 0 spiro atoms. The Morgan fingerprint density at radius 2 is 2.04 bits per heavy atom. The highest BCUT2D eigenvalue weighted by molar-refractivity contribution is 6.00. The quantitative estimate of drug-likeness (QED) is 0.844. The second kappa shape index (κ2) is 5.10. The van der Waals surface area contributed by atoms with Crippen LogP contribution in [-0.4, -0.2) is 10.8 Å². The number of carbonyl (C=O) groups is 1. The van der Waals surface area contributed by atoms with Crippen molar-refractivity contribution in [2.75, 3.05) is 0 Å². The number of hydrogen-bond donors (Lipinski definition) is 1. The standard InChI is InChI=1S/C20H18N2O2/c1-20(2)8-17(23)14-7-12(10-21)19(24-18(14)9-20)15-11-22-16-6-4-3-5-13(15)16/h3-6,11,22H,7-9H2,1-2H3. The Morgan fingerprint density at radius 3 is 2.83 bits per heavy atom. The number of hydrogen-bond acceptors (Lipinski definition) is 3. The van der Waals surface area contributed by atoms with E-state index in [1.54, 1.807) is 0 Å². The molecule has 0 bridgehead atoms. The summed E-state index contributed by atoms with van der Waals surface area (Å²) in [6, 6.07) is 10.2. The Morgan fingerprint density at radius 1 is 1.25 bits per heavy atom.